The first-order valence-electron chi connectivity index (χ1n) is 12.0. The maximum atomic E-state index is 14.2. The fraction of sp³-hybridized carbons (Fsp3) is 0.321. The topological polar surface area (TPSA) is 61.8 Å². The number of aliphatic hydroxyl groups excluding tert-OH is 1. The first-order chi connectivity index (χ1) is 17.3. The van der Waals surface area contributed by atoms with E-state index in [0.29, 0.717) is 43.6 Å². The van der Waals surface area contributed by atoms with Crippen LogP contribution >= 0.6 is 0 Å². The summed E-state index contributed by atoms with van der Waals surface area (Å²) in [6, 6.07) is 16.3. The van der Waals surface area contributed by atoms with Crippen molar-refractivity contribution in [3.8, 4) is 11.1 Å². The lowest BCUT2D eigenvalue weighted by molar-refractivity contribution is -0.0651. The van der Waals surface area contributed by atoms with Crippen molar-refractivity contribution in [3.05, 3.63) is 95.3 Å². The molecule has 3 aromatic rings. The molecule has 1 amide bonds. The zero-order valence-corrected chi connectivity index (χ0v) is 20.0. The average molecular weight is 499 g/mol. The fourth-order valence-electron chi connectivity index (χ4n) is 4.64. The molecule has 5 nitrogen and oxygen atoms in total. The van der Waals surface area contributed by atoms with E-state index >= 15 is 0 Å². The SMILES string of the molecule is C[C@@H](c1ccc(-c2ccc(F)cc2F)cc1)N1CC[C@](CCNCCO)(c2ccc(F)cc2)OC1=O. The van der Waals surface area contributed by atoms with Gasteiger partial charge in [0.2, 0.25) is 0 Å². The highest BCUT2D eigenvalue weighted by molar-refractivity contribution is 5.70. The van der Waals surface area contributed by atoms with E-state index in [1.807, 2.05) is 19.1 Å². The lowest BCUT2D eigenvalue weighted by Crippen LogP contribution is -2.49. The predicted molar refractivity (Wildman–Crippen MR) is 131 cm³/mol. The number of nitrogens with zero attached hydrogens (tertiary/aromatic N) is 1. The summed E-state index contributed by atoms with van der Waals surface area (Å²) >= 11 is 0. The Kier molecular flexibility index (Phi) is 7.96. The van der Waals surface area contributed by atoms with Crippen LogP contribution in [0.5, 0.6) is 0 Å². The molecule has 0 radical (unpaired) electrons. The Morgan fingerprint density at radius 3 is 2.33 bits per heavy atom. The highest BCUT2D eigenvalue weighted by Gasteiger charge is 2.43. The monoisotopic (exact) mass is 498 g/mol. The van der Waals surface area contributed by atoms with Gasteiger partial charge in [-0.1, -0.05) is 36.4 Å². The number of carbonyl (C=O) groups is 1. The molecule has 3 aromatic carbocycles. The van der Waals surface area contributed by atoms with Crippen molar-refractivity contribution in [2.45, 2.75) is 31.4 Å². The van der Waals surface area contributed by atoms with Crippen molar-refractivity contribution in [3.63, 3.8) is 0 Å². The largest absolute Gasteiger partial charge is 0.438 e. The number of hydrogen-bond acceptors (Lipinski definition) is 4. The number of halogens is 3. The molecule has 190 valence electrons. The van der Waals surface area contributed by atoms with E-state index in [0.717, 1.165) is 17.2 Å². The molecule has 0 aliphatic carbocycles. The van der Waals surface area contributed by atoms with Crippen LogP contribution in [-0.2, 0) is 10.3 Å². The molecule has 0 aromatic heterocycles. The molecule has 1 aliphatic rings. The Hall–Kier alpha value is -3.36. The van der Waals surface area contributed by atoms with Crippen LogP contribution in [-0.4, -0.2) is 42.3 Å². The van der Waals surface area contributed by atoms with Crippen molar-refractivity contribution in [2.75, 3.05) is 26.2 Å². The lowest BCUT2D eigenvalue weighted by Gasteiger charge is -2.43. The highest BCUT2D eigenvalue weighted by atomic mass is 19.1. The molecular formula is C28H29F3N2O3. The zero-order valence-electron chi connectivity index (χ0n) is 20.0. The van der Waals surface area contributed by atoms with E-state index in [2.05, 4.69) is 5.32 Å². The second-order valence-electron chi connectivity index (χ2n) is 8.96. The first kappa shape index (κ1) is 25.7. The Morgan fingerprint density at radius 2 is 1.69 bits per heavy atom. The van der Waals surface area contributed by atoms with Gasteiger partial charge in [0, 0.05) is 37.6 Å². The number of cyclic esters (lactones) is 1. The number of rotatable bonds is 9. The first-order valence-corrected chi connectivity index (χ1v) is 12.0. The van der Waals surface area contributed by atoms with E-state index in [1.165, 1.54) is 24.3 Å². The van der Waals surface area contributed by atoms with E-state index in [9.17, 15) is 18.0 Å². The van der Waals surface area contributed by atoms with Crippen LogP contribution in [0.3, 0.4) is 0 Å². The van der Waals surface area contributed by atoms with Gasteiger partial charge in [0.05, 0.1) is 12.6 Å². The van der Waals surface area contributed by atoms with E-state index in [1.54, 1.807) is 29.2 Å². The smallest absolute Gasteiger partial charge is 0.411 e. The van der Waals surface area contributed by atoms with Crippen molar-refractivity contribution in [2.24, 2.45) is 0 Å². The van der Waals surface area contributed by atoms with Crippen molar-refractivity contribution in [1.29, 1.82) is 0 Å². The third-order valence-electron chi connectivity index (χ3n) is 6.74. The summed E-state index contributed by atoms with van der Waals surface area (Å²) in [7, 11) is 0. The highest BCUT2D eigenvalue weighted by Crippen LogP contribution is 2.39. The normalized spacial score (nSPS) is 18.7. The van der Waals surface area contributed by atoms with Gasteiger partial charge in [0.25, 0.3) is 0 Å². The molecule has 1 heterocycles. The number of aliphatic hydroxyl groups is 1. The molecule has 0 spiro atoms. The molecule has 0 saturated carbocycles. The van der Waals surface area contributed by atoms with Gasteiger partial charge in [0.15, 0.2) is 0 Å². The summed E-state index contributed by atoms with van der Waals surface area (Å²) < 4.78 is 47.0. The number of ether oxygens (including phenoxy) is 1. The molecule has 8 heteroatoms. The molecule has 0 unspecified atom stereocenters. The summed E-state index contributed by atoms with van der Waals surface area (Å²) in [5.41, 5.74) is 1.56. The quantitative estimate of drug-likeness (QED) is 0.380. The predicted octanol–water partition coefficient (Wildman–Crippen LogP) is 5.54. The van der Waals surface area contributed by atoms with Gasteiger partial charge in [-0.3, -0.25) is 0 Å². The summed E-state index contributed by atoms with van der Waals surface area (Å²) in [5, 5.41) is 12.1. The van der Waals surface area contributed by atoms with Crippen LogP contribution < -0.4 is 5.32 Å². The second kappa shape index (κ2) is 11.1. The van der Waals surface area contributed by atoms with E-state index < -0.39 is 23.3 Å². The molecule has 0 bridgehead atoms. The molecule has 36 heavy (non-hydrogen) atoms. The van der Waals surface area contributed by atoms with Crippen LogP contribution in [0.2, 0.25) is 0 Å². The van der Waals surface area contributed by atoms with Gasteiger partial charge in [0.1, 0.15) is 23.1 Å². The summed E-state index contributed by atoms with van der Waals surface area (Å²) in [6.45, 7) is 3.26. The number of carbonyl (C=O) groups excluding carboxylic acids is 1. The fourth-order valence-corrected chi connectivity index (χ4v) is 4.64. The van der Waals surface area contributed by atoms with Gasteiger partial charge >= 0.3 is 6.09 Å². The van der Waals surface area contributed by atoms with Gasteiger partial charge < -0.3 is 20.1 Å². The lowest BCUT2D eigenvalue weighted by atomic mass is 9.85. The Bertz CT molecular complexity index is 1190. The Labute approximate surface area is 208 Å². The average Bonchev–Trinajstić information content (AvgIpc) is 2.87. The number of hydrogen-bond donors (Lipinski definition) is 2. The molecule has 4 rings (SSSR count). The van der Waals surface area contributed by atoms with Gasteiger partial charge in [-0.05, 0) is 54.4 Å². The molecule has 1 aliphatic heterocycles. The Morgan fingerprint density at radius 1 is 1.00 bits per heavy atom. The second-order valence-corrected chi connectivity index (χ2v) is 8.96. The molecular weight excluding hydrogens is 469 g/mol. The van der Waals surface area contributed by atoms with E-state index in [-0.39, 0.29) is 18.5 Å². The van der Waals surface area contributed by atoms with Gasteiger partial charge in [-0.25, -0.2) is 18.0 Å². The van der Waals surface area contributed by atoms with Crippen molar-refractivity contribution < 1.29 is 27.8 Å². The maximum Gasteiger partial charge on any atom is 0.411 e. The number of amides is 1. The van der Waals surface area contributed by atoms with Crippen LogP contribution in [0, 0.1) is 17.5 Å². The molecule has 2 N–H and O–H groups in total. The zero-order chi connectivity index (χ0) is 25.7. The minimum atomic E-state index is -0.909. The maximum absolute atomic E-state index is 14.2. The van der Waals surface area contributed by atoms with Crippen LogP contribution in [0.1, 0.15) is 36.9 Å². The third-order valence-corrected chi connectivity index (χ3v) is 6.74. The summed E-state index contributed by atoms with van der Waals surface area (Å²) in [5.74, 6) is -1.64. The standard InChI is InChI=1S/C28H29F3N2O3/c1-19(20-2-4-21(5-3-20)25-11-10-24(30)18-26(25)31)33-16-13-28(36-27(33)35,12-14-32-15-17-34)22-6-8-23(29)9-7-22/h2-11,18-19,32,34H,12-17H2,1H3/t19-,28+/m0/s1. The van der Waals surface area contributed by atoms with Crippen LogP contribution in [0.15, 0.2) is 66.7 Å². The van der Waals surface area contributed by atoms with E-state index in [4.69, 9.17) is 9.84 Å². The minimum absolute atomic E-state index is 0.00121. The summed E-state index contributed by atoms with van der Waals surface area (Å²) in [6.07, 6.45) is 0.507. The minimum Gasteiger partial charge on any atom is -0.438 e. The Balaban J connectivity index is 1.50. The van der Waals surface area contributed by atoms with Gasteiger partial charge in [-0.15, -0.1) is 0 Å². The van der Waals surface area contributed by atoms with Crippen molar-refractivity contribution >= 4 is 6.09 Å². The van der Waals surface area contributed by atoms with Gasteiger partial charge in [-0.2, -0.15) is 0 Å². The summed E-state index contributed by atoms with van der Waals surface area (Å²) in [4.78, 5) is 14.8. The number of nitrogens with one attached hydrogen (secondary N) is 1. The molecule has 1 fully saturated rings. The van der Waals surface area contributed by atoms with Crippen LogP contribution in [0.4, 0.5) is 18.0 Å². The van der Waals surface area contributed by atoms with Crippen LogP contribution in [0.25, 0.3) is 11.1 Å². The molecule has 2 atom stereocenters. The molecule has 1 saturated heterocycles. The number of benzene rings is 3. The van der Waals surface area contributed by atoms with Crippen molar-refractivity contribution in [1.82, 2.24) is 10.2 Å². The third kappa shape index (κ3) is 5.55.